The summed E-state index contributed by atoms with van der Waals surface area (Å²) in [7, 11) is 2.06. The minimum atomic E-state index is 0.543. The van der Waals surface area contributed by atoms with Crippen molar-refractivity contribution >= 4 is 23.1 Å². The van der Waals surface area contributed by atoms with Gasteiger partial charge in [0.2, 0.25) is 0 Å². The van der Waals surface area contributed by atoms with E-state index in [-0.39, 0.29) is 0 Å². The summed E-state index contributed by atoms with van der Waals surface area (Å²) in [5.41, 5.74) is 8.14. The first kappa shape index (κ1) is 11.2. The highest BCUT2D eigenvalue weighted by Gasteiger charge is 2.22. The molecule has 0 spiro atoms. The number of rotatable bonds is 2. The van der Waals surface area contributed by atoms with Gasteiger partial charge in [0.05, 0.1) is 16.9 Å². The first-order valence-corrected chi connectivity index (χ1v) is 6.48. The summed E-state index contributed by atoms with van der Waals surface area (Å²) in [6.45, 7) is 0. The maximum absolute atomic E-state index is 8.94. The fraction of sp³-hybridized carbons (Fsp3) is 0.417. The highest BCUT2D eigenvalue weighted by Crippen LogP contribution is 2.31. The summed E-state index contributed by atoms with van der Waals surface area (Å²) in [5, 5.41) is 8.94. The molecule has 1 aliphatic heterocycles. The van der Waals surface area contributed by atoms with Crippen LogP contribution in [0.5, 0.6) is 0 Å². The Labute approximate surface area is 100 Å². The molecule has 4 heteroatoms. The number of hydrogen-bond donors (Lipinski definition) is 1. The van der Waals surface area contributed by atoms with E-state index in [4.69, 9.17) is 11.0 Å². The molecule has 2 N–H and O–H groups in total. The number of thioether (sulfide) groups is 1. The Kier molecular flexibility index (Phi) is 3.25. The molecule has 0 aliphatic carbocycles. The average Bonchev–Trinajstić information content (AvgIpc) is 2.82. The molecule has 0 saturated carbocycles. The molecular weight excluding hydrogens is 218 g/mol. The van der Waals surface area contributed by atoms with Crippen molar-refractivity contribution in [3.05, 3.63) is 23.8 Å². The van der Waals surface area contributed by atoms with Crippen LogP contribution in [0.4, 0.5) is 11.4 Å². The largest absolute Gasteiger partial charge is 0.396 e. The monoisotopic (exact) mass is 233 g/mol. The van der Waals surface area contributed by atoms with E-state index >= 15 is 0 Å². The van der Waals surface area contributed by atoms with Gasteiger partial charge in [-0.2, -0.15) is 17.0 Å². The van der Waals surface area contributed by atoms with Gasteiger partial charge in [-0.25, -0.2) is 0 Å². The lowest BCUT2D eigenvalue weighted by molar-refractivity contribution is 0.701. The molecule has 0 bridgehead atoms. The molecule has 0 amide bonds. The molecule has 1 heterocycles. The van der Waals surface area contributed by atoms with Gasteiger partial charge in [-0.1, -0.05) is 6.07 Å². The molecule has 1 fully saturated rings. The number of anilines is 2. The number of nitrogens with two attached hydrogens (primary N) is 1. The molecular formula is C12H15N3S. The Bertz CT molecular complexity index is 419. The highest BCUT2D eigenvalue weighted by atomic mass is 32.2. The summed E-state index contributed by atoms with van der Waals surface area (Å²) in [6, 6.07) is 8.30. The predicted molar refractivity (Wildman–Crippen MR) is 69.7 cm³/mol. The lowest BCUT2D eigenvalue weighted by Crippen LogP contribution is -2.31. The van der Waals surface area contributed by atoms with Crippen LogP contribution in [0, 0.1) is 11.3 Å². The molecule has 1 unspecified atom stereocenters. The Morgan fingerprint density at radius 2 is 2.38 bits per heavy atom. The second kappa shape index (κ2) is 4.67. The van der Waals surface area contributed by atoms with Crippen molar-refractivity contribution in [2.75, 3.05) is 29.2 Å². The second-order valence-electron chi connectivity index (χ2n) is 3.98. The van der Waals surface area contributed by atoms with Gasteiger partial charge in [-0.05, 0) is 24.3 Å². The fourth-order valence-corrected chi connectivity index (χ4v) is 3.25. The third-order valence-corrected chi connectivity index (χ3v) is 4.18. The third-order valence-electron chi connectivity index (χ3n) is 3.04. The molecule has 1 aromatic carbocycles. The molecule has 1 aromatic rings. The molecule has 1 aliphatic rings. The third kappa shape index (κ3) is 1.96. The Balaban J connectivity index is 2.29. The smallest absolute Gasteiger partial charge is 0.101 e. The van der Waals surface area contributed by atoms with E-state index in [2.05, 4.69) is 18.0 Å². The van der Waals surface area contributed by atoms with Crippen LogP contribution in [0.3, 0.4) is 0 Å². The van der Waals surface area contributed by atoms with Crippen molar-refractivity contribution in [3.63, 3.8) is 0 Å². The van der Waals surface area contributed by atoms with E-state index < -0.39 is 0 Å². The summed E-state index contributed by atoms with van der Waals surface area (Å²) in [5.74, 6) is 2.36. The van der Waals surface area contributed by atoms with Crippen LogP contribution in [0.15, 0.2) is 18.2 Å². The summed E-state index contributed by atoms with van der Waals surface area (Å²) in [4.78, 5) is 2.20. The van der Waals surface area contributed by atoms with Crippen molar-refractivity contribution in [2.24, 2.45) is 0 Å². The van der Waals surface area contributed by atoms with Gasteiger partial charge in [0.1, 0.15) is 6.07 Å². The van der Waals surface area contributed by atoms with E-state index in [9.17, 15) is 0 Å². The molecule has 16 heavy (non-hydrogen) atoms. The van der Waals surface area contributed by atoms with Crippen molar-refractivity contribution in [1.29, 1.82) is 5.26 Å². The summed E-state index contributed by atoms with van der Waals surface area (Å²) in [6.07, 6.45) is 1.19. The molecule has 84 valence electrons. The van der Waals surface area contributed by atoms with Crippen LogP contribution < -0.4 is 10.6 Å². The normalized spacial score (nSPS) is 19.4. The lowest BCUT2D eigenvalue weighted by Gasteiger charge is -2.27. The second-order valence-corrected chi connectivity index (χ2v) is 5.13. The maximum Gasteiger partial charge on any atom is 0.101 e. The molecule has 0 radical (unpaired) electrons. The van der Waals surface area contributed by atoms with Gasteiger partial charge in [0, 0.05) is 18.8 Å². The summed E-state index contributed by atoms with van der Waals surface area (Å²) >= 11 is 1.97. The zero-order chi connectivity index (χ0) is 11.5. The standard InChI is InChI=1S/C12H15N3S/c1-15(10-5-6-16-8-10)11-4-2-3-9(7-13)12(11)14/h2-4,10H,5-6,8,14H2,1H3. The number of nitriles is 1. The fourth-order valence-electron chi connectivity index (χ4n) is 1.98. The van der Waals surface area contributed by atoms with Gasteiger partial charge >= 0.3 is 0 Å². The van der Waals surface area contributed by atoms with Crippen LogP contribution in [0.2, 0.25) is 0 Å². The van der Waals surface area contributed by atoms with Crippen LogP contribution in [-0.2, 0) is 0 Å². The Hall–Kier alpha value is -1.34. The van der Waals surface area contributed by atoms with Crippen LogP contribution >= 0.6 is 11.8 Å². The summed E-state index contributed by atoms with van der Waals surface area (Å²) < 4.78 is 0. The van der Waals surface area contributed by atoms with Gasteiger partial charge < -0.3 is 10.6 Å². The molecule has 3 nitrogen and oxygen atoms in total. The van der Waals surface area contributed by atoms with Gasteiger partial charge in [-0.3, -0.25) is 0 Å². The van der Waals surface area contributed by atoms with Crippen molar-refractivity contribution in [3.8, 4) is 6.07 Å². The van der Waals surface area contributed by atoms with Crippen molar-refractivity contribution in [1.82, 2.24) is 0 Å². The minimum Gasteiger partial charge on any atom is -0.396 e. The van der Waals surface area contributed by atoms with E-state index in [1.54, 1.807) is 6.07 Å². The van der Waals surface area contributed by atoms with Crippen LogP contribution in [0.1, 0.15) is 12.0 Å². The first-order valence-electron chi connectivity index (χ1n) is 5.33. The first-order chi connectivity index (χ1) is 7.74. The quantitative estimate of drug-likeness (QED) is 0.795. The van der Waals surface area contributed by atoms with E-state index in [1.807, 2.05) is 23.9 Å². The predicted octanol–water partition coefficient (Wildman–Crippen LogP) is 2.08. The van der Waals surface area contributed by atoms with Crippen LogP contribution in [0.25, 0.3) is 0 Å². The molecule has 1 atom stereocenters. The van der Waals surface area contributed by atoms with E-state index in [0.717, 1.165) is 11.4 Å². The highest BCUT2D eigenvalue weighted by molar-refractivity contribution is 7.99. The lowest BCUT2D eigenvalue weighted by atomic mass is 10.1. The molecule has 0 aromatic heterocycles. The van der Waals surface area contributed by atoms with Gasteiger partial charge in [0.15, 0.2) is 0 Å². The number of hydrogen-bond acceptors (Lipinski definition) is 4. The number of nitrogens with zero attached hydrogens (tertiary/aromatic N) is 2. The molecule has 2 rings (SSSR count). The minimum absolute atomic E-state index is 0.543. The number of para-hydroxylation sites is 1. The van der Waals surface area contributed by atoms with E-state index in [1.165, 1.54) is 12.2 Å². The zero-order valence-electron chi connectivity index (χ0n) is 9.31. The SMILES string of the molecule is CN(c1cccc(C#N)c1N)C1CCSC1. The maximum atomic E-state index is 8.94. The molecule has 1 saturated heterocycles. The van der Waals surface area contributed by atoms with Gasteiger partial charge in [0.25, 0.3) is 0 Å². The van der Waals surface area contributed by atoms with E-state index in [0.29, 0.717) is 17.3 Å². The Morgan fingerprint density at radius 1 is 1.56 bits per heavy atom. The Morgan fingerprint density at radius 3 is 3.00 bits per heavy atom. The number of nitrogen functional groups attached to an aromatic ring is 1. The van der Waals surface area contributed by atoms with Crippen LogP contribution in [-0.4, -0.2) is 24.6 Å². The van der Waals surface area contributed by atoms with Gasteiger partial charge in [-0.15, -0.1) is 0 Å². The van der Waals surface area contributed by atoms with Crippen molar-refractivity contribution in [2.45, 2.75) is 12.5 Å². The number of benzene rings is 1. The topological polar surface area (TPSA) is 53.0 Å². The zero-order valence-corrected chi connectivity index (χ0v) is 10.1. The van der Waals surface area contributed by atoms with Crippen molar-refractivity contribution < 1.29 is 0 Å². The average molecular weight is 233 g/mol.